The average molecular weight is 536 g/mol. The van der Waals surface area contributed by atoms with Gasteiger partial charge in [-0.1, -0.05) is 11.6 Å². The molecular weight excluding hydrogens is 515 g/mol. The van der Waals surface area contributed by atoms with Crippen LogP contribution in [0.2, 0.25) is 5.02 Å². The third kappa shape index (κ3) is 6.33. The van der Waals surface area contributed by atoms with Crippen molar-refractivity contribution in [2.45, 2.75) is 25.6 Å². The van der Waals surface area contributed by atoms with E-state index in [0.717, 1.165) is 12.1 Å². The standard InChI is InChI=1S/C24H21ClF3N5O4/c25-15-1-4-19(18(8-15)24(26,27)28)32-17-3-2-16(29-12-17)11-30-22(36)23(5-6-37-13-23)9-20(34)14-7-21(35)33-31-10-14/h1-4,7-8,10,12,32H,5-6,9,11,13H2,(H,30,36)(H,33,35)/t23-/m0/s1. The van der Waals surface area contributed by atoms with Crippen molar-refractivity contribution in [2.24, 2.45) is 5.41 Å². The molecule has 1 saturated heterocycles. The number of ether oxygens (including phenoxy) is 1. The van der Waals surface area contributed by atoms with Gasteiger partial charge in [-0.15, -0.1) is 0 Å². The molecule has 1 aromatic carbocycles. The maximum atomic E-state index is 13.3. The van der Waals surface area contributed by atoms with Crippen molar-refractivity contribution in [3.05, 3.63) is 81.0 Å². The van der Waals surface area contributed by atoms with E-state index in [1.807, 2.05) is 0 Å². The van der Waals surface area contributed by atoms with E-state index in [1.54, 1.807) is 6.07 Å². The summed E-state index contributed by atoms with van der Waals surface area (Å²) in [6.45, 7) is 0.369. The summed E-state index contributed by atoms with van der Waals surface area (Å²) in [5, 5.41) is 11.2. The largest absolute Gasteiger partial charge is 0.418 e. The number of anilines is 2. The number of Topliss-reactive ketones (excluding diaryl/α,β-unsaturated/α-hetero) is 1. The average Bonchev–Trinajstić information content (AvgIpc) is 3.33. The first-order valence-electron chi connectivity index (χ1n) is 11.1. The minimum atomic E-state index is -4.60. The molecule has 0 unspecified atom stereocenters. The van der Waals surface area contributed by atoms with Gasteiger partial charge in [-0.2, -0.15) is 18.3 Å². The summed E-state index contributed by atoms with van der Waals surface area (Å²) >= 11 is 5.71. The van der Waals surface area contributed by atoms with Crippen molar-refractivity contribution < 1.29 is 27.5 Å². The molecule has 3 heterocycles. The highest BCUT2D eigenvalue weighted by Gasteiger charge is 2.44. The summed E-state index contributed by atoms with van der Waals surface area (Å²) in [5.74, 6) is -0.815. The number of hydrogen-bond donors (Lipinski definition) is 3. The Morgan fingerprint density at radius 1 is 1.16 bits per heavy atom. The van der Waals surface area contributed by atoms with E-state index < -0.39 is 34.4 Å². The number of aromatic amines is 1. The van der Waals surface area contributed by atoms with Crippen LogP contribution in [-0.2, 0) is 22.3 Å². The van der Waals surface area contributed by atoms with E-state index >= 15 is 0 Å². The smallest absolute Gasteiger partial charge is 0.380 e. The maximum absolute atomic E-state index is 13.3. The fourth-order valence-electron chi connectivity index (χ4n) is 3.92. The third-order valence-electron chi connectivity index (χ3n) is 5.89. The molecule has 3 N–H and O–H groups in total. The zero-order valence-electron chi connectivity index (χ0n) is 19.2. The number of carbonyl (C=O) groups is 2. The van der Waals surface area contributed by atoms with Gasteiger partial charge >= 0.3 is 6.18 Å². The van der Waals surface area contributed by atoms with Crippen LogP contribution in [0.25, 0.3) is 0 Å². The molecule has 1 fully saturated rings. The molecule has 194 valence electrons. The van der Waals surface area contributed by atoms with Crippen LogP contribution in [-0.4, -0.2) is 40.1 Å². The number of aromatic nitrogens is 3. The van der Waals surface area contributed by atoms with Crippen molar-refractivity contribution in [3.8, 4) is 0 Å². The molecule has 0 radical (unpaired) electrons. The van der Waals surface area contributed by atoms with Gasteiger partial charge in [-0.3, -0.25) is 19.4 Å². The molecule has 0 spiro atoms. The molecule has 0 saturated carbocycles. The number of rotatable bonds is 8. The lowest BCUT2D eigenvalue weighted by Gasteiger charge is -2.25. The number of benzene rings is 1. The Kier molecular flexibility index (Phi) is 7.60. The number of alkyl halides is 3. The second-order valence-corrected chi connectivity index (χ2v) is 8.99. The lowest BCUT2D eigenvalue weighted by molar-refractivity contribution is -0.137. The predicted molar refractivity (Wildman–Crippen MR) is 127 cm³/mol. The maximum Gasteiger partial charge on any atom is 0.418 e. The van der Waals surface area contributed by atoms with Gasteiger partial charge in [0, 0.05) is 29.7 Å². The summed E-state index contributed by atoms with van der Waals surface area (Å²) in [6.07, 6.45) is -1.87. The number of H-pyrrole nitrogens is 1. The molecule has 37 heavy (non-hydrogen) atoms. The molecule has 9 nitrogen and oxygen atoms in total. The van der Waals surface area contributed by atoms with Crippen molar-refractivity contribution in [1.82, 2.24) is 20.5 Å². The fraction of sp³-hybridized carbons (Fsp3) is 0.292. The van der Waals surface area contributed by atoms with Crippen LogP contribution >= 0.6 is 11.6 Å². The first kappa shape index (κ1) is 26.3. The Hall–Kier alpha value is -3.77. The number of halogens is 4. The van der Waals surface area contributed by atoms with Gasteiger partial charge in [0.25, 0.3) is 5.56 Å². The lowest BCUT2D eigenvalue weighted by Crippen LogP contribution is -2.43. The van der Waals surface area contributed by atoms with E-state index in [9.17, 15) is 27.6 Å². The predicted octanol–water partition coefficient (Wildman–Crippen LogP) is 3.88. The Labute approximate surface area is 213 Å². The first-order valence-corrected chi connectivity index (χ1v) is 11.5. The molecule has 3 aromatic rings. The number of amides is 1. The van der Waals surface area contributed by atoms with Gasteiger partial charge in [0.1, 0.15) is 0 Å². The number of hydrogen-bond acceptors (Lipinski definition) is 7. The minimum Gasteiger partial charge on any atom is -0.380 e. The lowest BCUT2D eigenvalue weighted by atomic mass is 9.80. The molecule has 1 aliphatic rings. The second-order valence-electron chi connectivity index (χ2n) is 8.55. The second kappa shape index (κ2) is 10.7. The summed E-state index contributed by atoms with van der Waals surface area (Å²) in [7, 11) is 0. The zero-order chi connectivity index (χ0) is 26.6. The van der Waals surface area contributed by atoms with E-state index in [4.69, 9.17) is 16.3 Å². The zero-order valence-corrected chi connectivity index (χ0v) is 19.9. The van der Waals surface area contributed by atoms with Crippen LogP contribution in [0.3, 0.4) is 0 Å². The molecule has 2 aromatic heterocycles. The van der Waals surface area contributed by atoms with Gasteiger partial charge in [-0.05, 0) is 36.8 Å². The Morgan fingerprint density at radius 3 is 2.62 bits per heavy atom. The summed E-state index contributed by atoms with van der Waals surface area (Å²) < 4.78 is 45.4. The fourth-order valence-corrected chi connectivity index (χ4v) is 4.09. The monoisotopic (exact) mass is 535 g/mol. The van der Waals surface area contributed by atoms with Gasteiger partial charge in [0.2, 0.25) is 5.91 Å². The van der Waals surface area contributed by atoms with Crippen molar-refractivity contribution in [2.75, 3.05) is 18.5 Å². The number of nitrogens with one attached hydrogen (secondary N) is 3. The molecule has 4 rings (SSSR count). The molecule has 0 aliphatic carbocycles. The number of nitrogens with zero attached hydrogens (tertiary/aromatic N) is 2. The molecule has 13 heteroatoms. The molecular formula is C24H21ClF3N5O4. The number of carbonyl (C=O) groups excluding carboxylic acids is 2. The SMILES string of the molecule is O=C(C[C@@]1(C(=O)NCc2ccc(Nc3ccc(Cl)cc3C(F)(F)F)cn2)CCOC1)c1cn[nH]c(=O)c1. The minimum absolute atomic E-state index is 0.0242. The van der Waals surface area contributed by atoms with Gasteiger partial charge < -0.3 is 15.4 Å². The van der Waals surface area contributed by atoms with E-state index in [1.165, 1.54) is 30.6 Å². The Balaban J connectivity index is 1.40. The van der Waals surface area contributed by atoms with Crippen LogP contribution < -0.4 is 16.2 Å². The molecule has 1 amide bonds. The van der Waals surface area contributed by atoms with Gasteiger partial charge in [0.05, 0.1) is 53.6 Å². The molecule has 1 aliphatic heterocycles. The quantitative estimate of drug-likeness (QED) is 0.374. The molecule has 0 bridgehead atoms. The Bertz CT molecular complexity index is 1360. The highest BCUT2D eigenvalue weighted by Crippen LogP contribution is 2.38. The topological polar surface area (TPSA) is 126 Å². The van der Waals surface area contributed by atoms with E-state index in [2.05, 4.69) is 25.8 Å². The summed E-state index contributed by atoms with van der Waals surface area (Å²) in [5.41, 5.74) is -1.87. The van der Waals surface area contributed by atoms with Gasteiger partial charge in [-0.25, -0.2) is 5.10 Å². The van der Waals surface area contributed by atoms with Gasteiger partial charge in [0.15, 0.2) is 5.78 Å². The Morgan fingerprint density at radius 2 is 1.97 bits per heavy atom. The van der Waals surface area contributed by atoms with Crippen LogP contribution in [0, 0.1) is 5.41 Å². The van der Waals surface area contributed by atoms with Crippen LogP contribution in [0.5, 0.6) is 0 Å². The van der Waals surface area contributed by atoms with Crippen molar-refractivity contribution in [1.29, 1.82) is 0 Å². The van der Waals surface area contributed by atoms with Crippen molar-refractivity contribution >= 4 is 34.7 Å². The van der Waals surface area contributed by atoms with E-state index in [0.29, 0.717) is 24.4 Å². The van der Waals surface area contributed by atoms with E-state index in [-0.39, 0.29) is 35.8 Å². The normalized spacial score (nSPS) is 17.4. The summed E-state index contributed by atoms with van der Waals surface area (Å²) in [4.78, 5) is 41.4. The highest BCUT2D eigenvalue weighted by molar-refractivity contribution is 6.30. The van der Waals surface area contributed by atoms with Crippen molar-refractivity contribution in [3.63, 3.8) is 0 Å². The molecule has 1 atom stereocenters. The third-order valence-corrected chi connectivity index (χ3v) is 6.13. The number of pyridine rings is 1. The van der Waals surface area contributed by atoms with Crippen LogP contribution in [0.4, 0.5) is 24.5 Å². The number of ketones is 1. The van der Waals surface area contributed by atoms with Crippen LogP contribution in [0.1, 0.15) is 34.5 Å². The van der Waals surface area contributed by atoms with Crippen LogP contribution in [0.15, 0.2) is 53.6 Å². The first-order chi connectivity index (χ1) is 17.6. The highest BCUT2D eigenvalue weighted by atomic mass is 35.5. The summed E-state index contributed by atoms with van der Waals surface area (Å²) in [6, 6.07) is 7.61.